The smallest absolute Gasteiger partial charge is 0.331 e. The molecule has 34 heavy (non-hydrogen) atoms. The first-order valence-electron chi connectivity index (χ1n) is 9.95. The zero-order valence-corrected chi connectivity index (χ0v) is 19.8. The van der Waals surface area contributed by atoms with Crippen LogP contribution in [0.15, 0.2) is 77.3 Å². The van der Waals surface area contributed by atoms with Crippen LogP contribution in [0.25, 0.3) is 22.4 Å². The first kappa shape index (κ1) is 23.7. The minimum absolute atomic E-state index is 0.134. The SMILES string of the molecule is O=C(Cn1c(-c2ccc(C(F)(F)F)cc2)nc2ccccc21)NNC(=S)Nc1ccc(Br)cc1. The standard InChI is InChI=1S/C23H17BrF3N5OS/c24-16-9-11-17(12-10-16)28-22(34)31-30-20(33)13-32-19-4-2-1-3-18(19)29-21(32)14-5-7-15(8-6-14)23(25,26)27/h1-12H,13H2,(H,30,33)(H2,28,31,34). The Morgan fingerprint density at radius 3 is 2.32 bits per heavy atom. The molecule has 174 valence electrons. The summed E-state index contributed by atoms with van der Waals surface area (Å²) < 4.78 is 41.4. The Morgan fingerprint density at radius 1 is 0.971 bits per heavy atom. The minimum Gasteiger partial charge on any atom is -0.331 e. The van der Waals surface area contributed by atoms with Crippen molar-refractivity contribution in [1.29, 1.82) is 0 Å². The van der Waals surface area contributed by atoms with Crippen molar-refractivity contribution < 1.29 is 18.0 Å². The molecule has 0 aliphatic carbocycles. The van der Waals surface area contributed by atoms with Gasteiger partial charge in [-0.2, -0.15) is 13.2 Å². The number of imidazole rings is 1. The highest BCUT2D eigenvalue weighted by Crippen LogP contribution is 2.31. The Labute approximate surface area is 206 Å². The molecular formula is C23H17BrF3N5OS. The molecular weight excluding hydrogens is 531 g/mol. The fourth-order valence-corrected chi connectivity index (χ4v) is 3.70. The predicted molar refractivity (Wildman–Crippen MR) is 132 cm³/mol. The first-order valence-corrected chi connectivity index (χ1v) is 11.1. The third-order valence-corrected chi connectivity index (χ3v) is 5.58. The van der Waals surface area contributed by atoms with Crippen molar-refractivity contribution in [2.45, 2.75) is 12.7 Å². The summed E-state index contributed by atoms with van der Waals surface area (Å²) in [5.41, 5.74) is 6.89. The number of hydrazine groups is 1. The van der Waals surface area contributed by atoms with Gasteiger partial charge in [0.15, 0.2) is 5.11 Å². The third-order valence-electron chi connectivity index (χ3n) is 4.84. The maximum Gasteiger partial charge on any atom is 0.416 e. The molecule has 6 nitrogen and oxygen atoms in total. The van der Waals surface area contributed by atoms with Gasteiger partial charge in [-0.1, -0.05) is 40.2 Å². The lowest BCUT2D eigenvalue weighted by Gasteiger charge is -2.14. The van der Waals surface area contributed by atoms with Crippen molar-refractivity contribution in [2.75, 3.05) is 5.32 Å². The summed E-state index contributed by atoms with van der Waals surface area (Å²) in [6, 6.07) is 19.1. The van der Waals surface area contributed by atoms with Crippen molar-refractivity contribution in [3.63, 3.8) is 0 Å². The molecule has 0 unspecified atom stereocenters. The van der Waals surface area contributed by atoms with E-state index in [1.54, 1.807) is 28.8 Å². The van der Waals surface area contributed by atoms with Gasteiger partial charge in [0.2, 0.25) is 0 Å². The monoisotopic (exact) mass is 547 g/mol. The van der Waals surface area contributed by atoms with Gasteiger partial charge in [-0.15, -0.1) is 0 Å². The van der Waals surface area contributed by atoms with Crippen LogP contribution in [0, 0.1) is 0 Å². The number of para-hydroxylation sites is 2. The quantitative estimate of drug-likeness (QED) is 0.232. The van der Waals surface area contributed by atoms with E-state index in [0.717, 1.165) is 22.3 Å². The largest absolute Gasteiger partial charge is 0.416 e. The number of nitrogens with one attached hydrogen (secondary N) is 3. The second-order valence-corrected chi connectivity index (χ2v) is 8.54. The van der Waals surface area contributed by atoms with Crippen molar-refractivity contribution in [3.05, 3.63) is 82.8 Å². The fraction of sp³-hybridized carbons (Fsp3) is 0.0870. The number of nitrogens with zero attached hydrogens (tertiary/aromatic N) is 2. The van der Waals surface area contributed by atoms with Gasteiger partial charge in [0.25, 0.3) is 5.91 Å². The van der Waals surface area contributed by atoms with E-state index >= 15 is 0 Å². The lowest BCUT2D eigenvalue weighted by Crippen LogP contribution is -2.45. The summed E-state index contributed by atoms with van der Waals surface area (Å²) in [6.45, 7) is -0.134. The van der Waals surface area contributed by atoms with Crippen LogP contribution in [0.5, 0.6) is 0 Å². The Hall–Kier alpha value is -3.44. The van der Waals surface area contributed by atoms with Gasteiger partial charge < -0.3 is 9.88 Å². The van der Waals surface area contributed by atoms with Crippen molar-refractivity contribution in [2.24, 2.45) is 0 Å². The molecule has 0 aliphatic rings. The van der Waals surface area contributed by atoms with Crippen molar-refractivity contribution >= 4 is 55.9 Å². The number of hydrogen-bond donors (Lipinski definition) is 3. The molecule has 0 saturated carbocycles. The molecule has 0 spiro atoms. The lowest BCUT2D eigenvalue weighted by molar-refractivity contribution is -0.137. The van der Waals surface area contributed by atoms with E-state index in [-0.39, 0.29) is 11.7 Å². The zero-order chi connectivity index (χ0) is 24.3. The van der Waals surface area contributed by atoms with E-state index in [4.69, 9.17) is 12.2 Å². The van der Waals surface area contributed by atoms with Crippen LogP contribution in [0.2, 0.25) is 0 Å². The molecule has 0 fully saturated rings. The van der Waals surface area contributed by atoms with Gasteiger partial charge in [-0.05, 0) is 60.7 Å². The topological polar surface area (TPSA) is 71.0 Å². The van der Waals surface area contributed by atoms with E-state index < -0.39 is 17.6 Å². The Bertz CT molecular complexity index is 1340. The molecule has 0 radical (unpaired) electrons. The van der Waals surface area contributed by atoms with E-state index in [1.165, 1.54) is 12.1 Å². The number of rotatable bonds is 4. The van der Waals surface area contributed by atoms with Crippen LogP contribution in [0.1, 0.15) is 5.56 Å². The predicted octanol–water partition coefficient (Wildman–Crippen LogP) is 5.50. The van der Waals surface area contributed by atoms with Crippen LogP contribution in [0.3, 0.4) is 0 Å². The highest BCUT2D eigenvalue weighted by molar-refractivity contribution is 9.10. The summed E-state index contributed by atoms with van der Waals surface area (Å²) in [5.74, 6) is -0.0445. The Kier molecular flexibility index (Phi) is 6.85. The number of anilines is 1. The number of carbonyl (C=O) groups is 1. The molecule has 0 saturated heterocycles. The zero-order valence-electron chi connectivity index (χ0n) is 17.4. The van der Waals surface area contributed by atoms with E-state index in [0.29, 0.717) is 22.4 Å². The molecule has 1 amide bonds. The second kappa shape index (κ2) is 9.82. The average molecular weight is 548 g/mol. The summed E-state index contributed by atoms with van der Waals surface area (Å²) in [7, 11) is 0. The summed E-state index contributed by atoms with van der Waals surface area (Å²) in [4.78, 5) is 17.2. The number of benzene rings is 3. The van der Waals surface area contributed by atoms with E-state index in [2.05, 4.69) is 37.1 Å². The normalized spacial score (nSPS) is 11.3. The fourth-order valence-electron chi connectivity index (χ4n) is 3.27. The summed E-state index contributed by atoms with van der Waals surface area (Å²) >= 11 is 8.55. The molecule has 4 aromatic rings. The van der Waals surface area contributed by atoms with Crippen molar-refractivity contribution in [3.8, 4) is 11.4 Å². The lowest BCUT2D eigenvalue weighted by atomic mass is 10.1. The molecule has 3 aromatic carbocycles. The molecule has 1 heterocycles. The third kappa shape index (κ3) is 5.54. The number of hydrogen-bond acceptors (Lipinski definition) is 3. The second-order valence-electron chi connectivity index (χ2n) is 7.22. The van der Waals surface area contributed by atoms with Crippen LogP contribution in [0.4, 0.5) is 18.9 Å². The molecule has 1 aromatic heterocycles. The van der Waals surface area contributed by atoms with Crippen LogP contribution in [-0.4, -0.2) is 20.6 Å². The van der Waals surface area contributed by atoms with Gasteiger partial charge in [0.1, 0.15) is 12.4 Å². The van der Waals surface area contributed by atoms with Gasteiger partial charge in [0.05, 0.1) is 16.6 Å². The van der Waals surface area contributed by atoms with Crippen molar-refractivity contribution in [1.82, 2.24) is 20.4 Å². The van der Waals surface area contributed by atoms with Gasteiger partial charge >= 0.3 is 6.18 Å². The number of carbonyl (C=O) groups excluding carboxylic acids is 1. The Balaban J connectivity index is 1.50. The number of amides is 1. The molecule has 0 aliphatic heterocycles. The molecule has 4 rings (SSSR count). The van der Waals surface area contributed by atoms with Gasteiger partial charge in [-0.25, -0.2) is 4.98 Å². The molecule has 0 bridgehead atoms. The maximum absolute atomic E-state index is 12.9. The first-order chi connectivity index (χ1) is 16.2. The van der Waals surface area contributed by atoms with Crippen LogP contribution < -0.4 is 16.2 Å². The van der Waals surface area contributed by atoms with E-state index in [9.17, 15) is 18.0 Å². The number of aromatic nitrogens is 2. The number of halogens is 4. The highest BCUT2D eigenvalue weighted by atomic mass is 79.9. The maximum atomic E-state index is 12.9. The minimum atomic E-state index is -4.44. The molecule has 3 N–H and O–H groups in total. The number of alkyl halides is 3. The Morgan fingerprint density at radius 2 is 1.65 bits per heavy atom. The van der Waals surface area contributed by atoms with Crippen LogP contribution in [-0.2, 0) is 17.5 Å². The van der Waals surface area contributed by atoms with Gasteiger partial charge in [-0.3, -0.25) is 15.6 Å². The number of fused-ring (bicyclic) bond motifs is 1. The average Bonchev–Trinajstić information content (AvgIpc) is 3.17. The van der Waals surface area contributed by atoms with Crippen LogP contribution >= 0.6 is 28.1 Å². The number of thiocarbonyl (C=S) groups is 1. The highest BCUT2D eigenvalue weighted by Gasteiger charge is 2.30. The summed E-state index contributed by atoms with van der Waals surface area (Å²) in [5, 5.41) is 3.13. The van der Waals surface area contributed by atoms with Gasteiger partial charge in [0, 0.05) is 15.7 Å². The van der Waals surface area contributed by atoms with E-state index in [1.807, 2.05) is 24.3 Å². The molecule has 0 atom stereocenters. The molecule has 11 heteroatoms. The summed E-state index contributed by atoms with van der Waals surface area (Å²) in [6.07, 6.45) is -4.44.